The van der Waals surface area contributed by atoms with Crippen molar-refractivity contribution in [1.29, 1.82) is 0 Å². The number of nitrogens with zero attached hydrogens (tertiary/aromatic N) is 4. The number of phenolic OH excluding ortho intramolecular Hbond substituents is 1. The van der Waals surface area contributed by atoms with Gasteiger partial charge in [-0.25, -0.2) is 4.39 Å². The number of carbonyl (C=O) groups excluding carboxylic acids is 3. The molecule has 3 atom stereocenters. The van der Waals surface area contributed by atoms with E-state index in [1.54, 1.807) is 29.2 Å². The first-order chi connectivity index (χ1) is 28.2. The third kappa shape index (κ3) is 6.86. The highest BCUT2D eigenvalue weighted by Gasteiger charge is 2.46. The molecule has 3 unspecified atom stereocenters. The van der Waals surface area contributed by atoms with Crippen molar-refractivity contribution < 1.29 is 28.6 Å². The number of phenols is 1. The summed E-state index contributed by atoms with van der Waals surface area (Å²) in [7, 11) is 0. The molecular formula is C47H50FN5O5. The number of nitrogens with one attached hydrogen (secondary N) is 1. The first-order valence-corrected chi connectivity index (χ1v) is 21.0. The number of aromatic hydroxyl groups is 1. The van der Waals surface area contributed by atoms with Crippen LogP contribution in [0.2, 0.25) is 0 Å². The molecule has 1 spiro atoms. The topological polar surface area (TPSA) is 106 Å². The summed E-state index contributed by atoms with van der Waals surface area (Å²) in [6, 6.07) is 26.5. The first kappa shape index (κ1) is 36.9. The fraction of sp³-hybridized carbons (Fsp3) is 0.426. The van der Waals surface area contributed by atoms with E-state index in [2.05, 4.69) is 56.4 Å². The molecule has 6 heterocycles. The normalized spacial score (nSPS) is 24.6. The fourth-order valence-electron chi connectivity index (χ4n) is 10.7. The summed E-state index contributed by atoms with van der Waals surface area (Å²) < 4.78 is 20.4. The number of benzene rings is 4. The van der Waals surface area contributed by atoms with Gasteiger partial charge in [-0.1, -0.05) is 30.3 Å². The quantitative estimate of drug-likeness (QED) is 0.207. The maximum Gasteiger partial charge on any atom is 0.255 e. The Kier molecular flexibility index (Phi) is 9.38. The van der Waals surface area contributed by atoms with Crippen LogP contribution < -0.4 is 19.9 Å². The van der Waals surface area contributed by atoms with E-state index in [1.165, 1.54) is 37.4 Å². The highest BCUT2D eigenvalue weighted by atomic mass is 19.1. The van der Waals surface area contributed by atoms with Crippen molar-refractivity contribution >= 4 is 29.1 Å². The number of carbonyl (C=O) groups is 3. The van der Waals surface area contributed by atoms with Gasteiger partial charge < -0.3 is 29.4 Å². The van der Waals surface area contributed by atoms with E-state index in [0.717, 1.165) is 73.8 Å². The number of anilines is 2. The highest BCUT2D eigenvalue weighted by Crippen LogP contribution is 2.48. The van der Waals surface area contributed by atoms with Gasteiger partial charge in [0.1, 0.15) is 23.4 Å². The second kappa shape index (κ2) is 14.8. The number of hydrogen-bond acceptors (Lipinski definition) is 8. The summed E-state index contributed by atoms with van der Waals surface area (Å²) >= 11 is 0. The number of likely N-dealkylation sites (tertiary alicyclic amines) is 1. The van der Waals surface area contributed by atoms with Gasteiger partial charge in [0.25, 0.3) is 5.91 Å². The average molecular weight is 784 g/mol. The maximum absolute atomic E-state index is 14.3. The summed E-state index contributed by atoms with van der Waals surface area (Å²) in [5.41, 5.74) is 7.43. The zero-order chi connectivity index (χ0) is 39.5. The molecule has 0 radical (unpaired) electrons. The predicted molar refractivity (Wildman–Crippen MR) is 219 cm³/mol. The molecule has 10 nitrogen and oxygen atoms in total. The van der Waals surface area contributed by atoms with E-state index >= 15 is 0 Å². The van der Waals surface area contributed by atoms with E-state index in [0.29, 0.717) is 42.2 Å². The largest absolute Gasteiger partial charge is 0.508 e. The Labute approximate surface area is 338 Å². The number of halogens is 1. The number of amides is 3. The van der Waals surface area contributed by atoms with E-state index in [4.69, 9.17) is 4.74 Å². The molecular weight excluding hydrogens is 734 g/mol. The summed E-state index contributed by atoms with van der Waals surface area (Å²) in [6.45, 7) is 8.42. The zero-order valence-electron chi connectivity index (χ0n) is 32.7. The third-order valence-corrected chi connectivity index (χ3v) is 14.0. The average Bonchev–Trinajstić information content (AvgIpc) is 3.55. The van der Waals surface area contributed by atoms with Crippen molar-refractivity contribution in [3.8, 4) is 11.5 Å². The highest BCUT2D eigenvalue weighted by molar-refractivity contribution is 6.05. The second-order valence-corrected chi connectivity index (χ2v) is 17.6. The Bertz CT molecular complexity index is 2240. The molecule has 10 rings (SSSR count). The minimum absolute atomic E-state index is 0.0245. The fourth-order valence-corrected chi connectivity index (χ4v) is 10.7. The monoisotopic (exact) mass is 783 g/mol. The lowest BCUT2D eigenvalue weighted by Crippen LogP contribution is -2.60. The van der Waals surface area contributed by atoms with E-state index in [1.807, 2.05) is 18.2 Å². The Balaban J connectivity index is 0.709. The molecule has 0 bridgehead atoms. The van der Waals surface area contributed by atoms with E-state index in [-0.39, 0.29) is 47.5 Å². The van der Waals surface area contributed by atoms with Crippen LogP contribution in [0.25, 0.3) is 0 Å². The molecule has 0 aromatic heterocycles. The third-order valence-electron chi connectivity index (χ3n) is 14.0. The minimum Gasteiger partial charge on any atom is -0.508 e. The van der Waals surface area contributed by atoms with Crippen molar-refractivity contribution in [2.24, 2.45) is 11.3 Å². The number of rotatable bonds is 7. The Hall–Kier alpha value is -5.42. The number of ether oxygens (including phenoxy) is 1. The van der Waals surface area contributed by atoms with Gasteiger partial charge in [0, 0.05) is 91.5 Å². The van der Waals surface area contributed by atoms with Gasteiger partial charge in [0.15, 0.2) is 0 Å². The van der Waals surface area contributed by atoms with Crippen LogP contribution in [0.3, 0.4) is 0 Å². The van der Waals surface area contributed by atoms with Gasteiger partial charge in [-0.2, -0.15) is 0 Å². The lowest BCUT2D eigenvalue weighted by atomic mass is 9.71. The van der Waals surface area contributed by atoms with Crippen molar-refractivity contribution in [2.45, 2.75) is 62.9 Å². The lowest BCUT2D eigenvalue weighted by molar-refractivity contribution is -0.136. The molecule has 6 aliphatic heterocycles. The molecule has 4 saturated heterocycles. The van der Waals surface area contributed by atoms with Crippen molar-refractivity contribution in [3.63, 3.8) is 0 Å². The molecule has 0 saturated carbocycles. The van der Waals surface area contributed by atoms with Gasteiger partial charge in [-0.15, -0.1) is 0 Å². The molecule has 6 aliphatic rings. The van der Waals surface area contributed by atoms with Gasteiger partial charge in [0.2, 0.25) is 11.8 Å². The standard InChI is InChI=1S/C47H50FN5O5/c48-34-3-1-2-32(22-34)40-27-58-42-24-37(54)9-11-39(42)44(40)31-4-6-35(7-5-31)51-18-14-30(15-19-51)25-50-20-16-47(17-21-50)28-52(29-47)36-8-10-38-33(23-36)26-53(46(38)57)41-12-13-43(55)49-45(41)56/h1-11,22-24,30,40-41,44,54H,12-21,25-29H2,(H,49,55,56). The van der Waals surface area contributed by atoms with E-state index < -0.39 is 6.04 Å². The molecule has 58 heavy (non-hydrogen) atoms. The van der Waals surface area contributed by atoms with Crippen molar-refractivity contribution in [1.82, 2.24) is 15.1 Å². The second-order valence-electron chi connectivity index (χ2n) is 17.6. The minimum atomic E-state index is -0.589. The Morgan fingerprint density at radius 1 is 0.810 bits per heavy atom. The summed E-state index contributed by atoms with van der Waals surface area (Å²) in [5, 5.41) is 12.5. The zero-order valence-corrected chi connectivity index (χ0v) is 32.7. The van der Waals surface area contributed by atoms with Crippen LogP contribution in [0.4, 0.5) is 15.8 Å². The van der Waals surface area contributed by atoms with Crippen LogP contribution in [0.15, 0.2) is 84.9 Å². The van der Waals surface area contributed by atoms with Crippen LogP contribution in [-0.4, -0.2) is 91.1 Å². The summed E-state index contributed by atoms with van der Waals surface area (Å²) in [4.78, 5) is 46.5. The van der Waals surface area contributed by atoms with Gasteiger partial charge >= 0.3 is 0 Å². The number of imide groups is 1. The Morgan fingerprint density at radius 3 is 2.34 bits per heavy atom. The predicted octanol–water partition coefficient (Wildman–Crippen LogP) is 6.42. The van der Waals surface area contributed by atoms with Crippen LogP contribution in [0, 0.1) is 17.2 Å². The smallest absolute Gasteiger partial charge is 0.255 e. The maximum atomic E-state index is 14.3. The molecule has 0 aliphatic carbocycles. The molecule has 4 aromatic carbocycles. The van der Waals surface area contributed by atoms with Crippen LogP contribution in [0.1, 0.15) is 83.0 Å². The Morgan fingerprint density at radius 2 is 1.59 bits per heavy atom. The van der Waals surface area contributed by atoms with Gasteiger partial charge in [-0.3, -0.25) is 19.7 Å². The molecule has 2 N–H and O–H groups in total. The summed E-state index contributed by atoms with van der Waals surface area (Å²) in [6.07, 6.45) is 5.41. The lowest BCUT2D eigenvalue weighted by Gasteiger charge is -2.55. The molecule has 11 heteroatoms. The molecule has 4 aromatic rings. The molecule has 300 valence electrons. The van der Waals surface area contributed by atoms with Crippen LogP contribution >= 0.6 is 0 Å². The van der Waals surface area contributed by atoms with Crippen LogP contribution in [-0.2, 0) is 16.1 Å². The number of hydrogen-bond donors (Lipinski definition) is 2. The van der Waals surface area contributed by atoms with Gasteiger partial charge in [0.05, 0.1) is 6.61 Å². The molecule has 3 amide bonds. The van der Waals surface area contributed by atoms with E-state index in [9.17, 15) is 23.9 Å². The van der Waals surface area contributed by atoms with Crippen molar-refractivity contribution in [3.05, 3.63) is 119 Å². The number of piperidine rings is 3. The van der Waals surface area contributed by atoms with Gasteiger partial charge in [-0.05, 0) is 116 Å². The first-order valence-electron chi connectivity index (χ1n) is 21.0. The van der Waals surface area contributed by atoms with Crippen molar-refractivity contribution in [2.75, 3.05) is 62.2 Å². The molecule has 4 fully saturated rings. The van der Waals surface area contributed by atoms with Crippen LogP contribution in [0.5, 0.6) is 11.5 Å². The number of fused-ring (bicyclic) bond motifs is 2. The summed E-state index contributed by atoms with van der Waals surface area (Å²) in [5.74, 6) is 0.450. The SMILES string of the molecule is O=C1CCC(N2Cc3cc(N4CC5(CCN(CC6CCN(c7ccc(C8c9ccc(O)cc9OCC8c8cccc(F)c8)cc7)CC6)CC5)C4)ccc3C2=O)C(=O)N1.